The highest BCUT2D eigenvalue weighted by Crippen LogP contribution is 2.19. The standard InChI is InChI=1S/C13H18N6/c1-2-6-13(19-10-16-17-18-19)12(5-1)15-9-11-4-3-7-14-8-11/h1-2,5-6,10-11,14-15H,3-4,7-9H2. The van der Waals surface area contributed by atoms with Crippen molar-refractivity contribution in [1.82, 2.24) is 25.5 Å². The Balaban J connectivity index is 1.70. The van der Waals surface area contributed by atoms with Crippen LogP contribution in [-0.2, 0) is 0 Å². The summed E-state index contributed by atoms with van der Waals surface area (Å²) < 4.78 is 1.68. The molecule has 0 spiro atoms. The van der Waals surface area contributed by atoms with Gasteiger partial charge in [0, 0.05) is 6.54 Å². The van der Waals surface area contributed by atoms with Crippen LogP contribution >= 0.6 is 0 Å². The molecule has 0 saturated carbocycles. The summed E-state index contributed by atoms with van der Waals surface area (Å²) in [6.45, 7) is 3.23. The van der Waals surface area contributed by atoms with Gasteiger partial charge in [-0.3, -0.25) is 0 Å². The minimum atomic E-state index is 0.690. The zero-order valence-electron chi connectivity index (χ0n) is 10.8. The highest BCUT2D eigenvalue weighted by Gasteiger charge is 2.13. The third kappa shape index (κ3) is 2.90. The van der Waals surface area contributed by atoms with Crippen molar-refractivity contribution in [3.05, 3.63) is 30.6 Å². The minimum absolute atomic E-state index is 0.690. The monoisotopic (exact) mass is 258 g/mol. The summed E-state index contributed by atoms with van der Waals surface area (Å²) in [5, 5.41) is 18.3. The molecule has 0 amide bonds. The lowest BCUT2D eigenvalue weighted by Gasteiger charge is -2.23. The van der Waals surface area contributed by atoms with Gasteiger partial charge in [0.05, 0.1) is 11.4 Å². The highest BCUT2D eigenvalue weighted by atomic mass is 15.5. The van der Waals surface area contributed by atoms with E-state index in [1.165, 1.54) is 12.8 Å². The normalized spacial score (nSPS) is 19.3. The molecular weight excluding hydrogens is 240 g/mol. The number of nitrogens with one attached hydrogen (secondary N) is 2. The van der Waals surface area contributed by atoms with E-state index in [0.717, 1.165) is 31.0 Å². The molecule has 1 aromatic carbocycles. The number of aromatic nitrogens is 4. The maximum Gasteiger partial charge on any atom is 0.143 e. The van der Waals surface area contributed by atoms with E-state index >= 15 is 0 Å². The quantitative estimate of drug-likeness (QED) is 0.858. The minimum Gasteiger partial charge on any atom is -0.383 e. The Morgan fingerprint density at radius 3 is 3.11 bits per heavy atom. The van der Waals surface area contributed by atoms with Gasteiger partial charge in [0.2, 0.25) is 0 Å². The molecule has 1 atom stereocenters. The average molecular weight is 258 g/mol. The predicted octanol–water partition coefficient (Wildman–Crippen LogP) is 1.07. The Bertz CT molecular complexity index is 504. The van der Waals surface area contributed by atoms with Gasteiger partial charge in [-0.15, -0.1) is 5.10 Å². The molecule has 100 valence electrons. The van der Waals surface area contributed by atoms with E-state index in [2.05, 4.69) is 32.2 Å². The summed E-state index contributed by atoms with van der Waals surface area (Å²) in [6, 6.07) is 8.09. The van der Waals surface area contributed by atoms with Crippen LogP contribution in [0, 0.1) is 5.92 Å². The lowest BCUT2D eigenvalue weighted by Crippen LogP contribution is -2.33. The van der Waals surface area contributed by atoms with Gasteiger partial charge in [-0.05, 0) is 54.4 Å². The van der Waals surface area contributed by atoms with Crippen LogP contribution < -0.4 is 10.6 Å². The van der Waals surface area contributed by atoms with Gasteiger partial charge in [-0.25, -0.2) is 0 Å². The Kier molecular flexibility index (Phi) is 3.69. The van der Waals surface area contributed by atoms with Gasteiger partial charge >= 0.3 is 0 Å². The summed E-state index contributed by atoms with van der Waals surface area (Å²) in [5.41, 5.74) is 2.05. The third-order valence-electron chi connectivity index (χ3n) is 3.48. The van der Waals surface area contributed by atoms with Gasteiger partial charge in [0.15, 0.2) is 0 Å². The first-order valence-corrected chi connectivity index (χ1v) is 6.70. The van der Waals surface area contributed by atoms with Crippen LogP contribution in [0.4, 0.5) is 5.69 Å². The number of tetrazole rings is 1. The molecule has 2 N–H and O–H groups in total. The van der Waals surface area contributed by atoms with E-state index in [1.807, 2.05) is 18.2 Å². The van der Waals surface area contributed by atoms with E-state index in [9.17, 15) is 0 Å². The van der Waals surface area contributed by atoms with Gasteiger partial charge in [-0.1, -0.05) is 12.1 Å². The molecule has 1 unspecified atom stereocenters. The second-order valence-corrected chi connectivity index (χ2v) is 4.86. The number of hydrogen-bond acceptors (Lipinski definition) is 5. The molecular formula is C13H18N6. The molecule has 3 rings (SSSR count). The zero-order valence-corrected chi connectivity index (χ0v) is 10.8. The van der Waals surface area contributed by atoms with E-state index in [0.29, 0.717) is 5.92 Å². The van der Waals surface area contributed by atoms with Crippen LogP contribution in [0.25, 0.3) is 5.69 Å². The lowest BCUT2D eigenvalue weighted by atomic mass is 9.99. The van der Waals surface area contributed by atoms with Crippen LogP contribution in [0.2, 0.25) is 0 Å². The van der Waals surface area contributed by atoms with Crippen LogP contribution in [0.15, 0.2) is 30.6 Å². The number of para-hydroxylation sites is 2. The van der Waals surface area contributed by atoms with E-state index in [4.69, 9.17) is 0 Å². The first kappa shape index (κ1) is 12.1. The molecule has 2 heterocycles. The summed E-state index contributed by atoms with van der Waals surface area (Å²) in [5.74, 6) is 0.690. The average Bonchev–Trinajstić information content (AvgIpc) is 3.01. The smallest absolute Gasteiger partial charge is 0.143 e. The van der Waals surface area contributed by atoms with E-state index in [1.54, 1.807) is 11.0 Å². The molecule has 6 nitrogen and oxygen atoms in total. The van der Waals surface area contributed by atoms with Gasteiger partial charge in [-0.2, -0.15) is 4.68 Å². The summed E-state index contributed by atoms with van der Waals surface area (Å²) in [7, 11) is 0. The third-order valence-corrected chi connectivity index (χ3v) is 3.48. The SMILES string of the molecule is c1ccc(-n2cnnn2)c(NCC2CCCNC2)c1. The molecule has 6 heteroatoms. The molecule has 0 bridgehead atoms. The lowest BCUT2D eigenvalue weighted by molar-refractivity contribution is 0.393. The van der Waals surface area contributed by atoms with Gasteiger partial charge in [0.25, 0.3) is 0 Å². The molecule has 19 heavy (non-hydrogen) atoms. The number of benzene rings is 1. The Morgan fingerprint density at radius 1 is 1.37 bits per heavy atom. The van der Waals surface area contributed by atoms with Crippen molar-refractivity contribution in [2.24, 2.45) is 5.92 Å². The van der Waals surface area contributed by atoms with Crippen LogP contribution in [-0.4, -0.2) is 39.8 Å². The van der Waals surface area contributed by atoms with E-state index in [-0.39, 0.29) is 0 Å². The molecule has 1 fully saturated rings. The van der Waals surface area contributed by atoms with Crippen molar-refractivity contribution in [2.75, 3.05) is 25.0 Å². The number of nitrogens with zero attached hydrogens (tertiary/aromatic N) is 4. The fourth-order valence-corrected chi connectivity index (χ4v) is 2.45. The maximum atomic E-state index is 3.95. The Hall–Kier alpha value is -1.95. The molecule has 1 aliphatic heterocycles. The Labute approximate surface area is 112 Å². The summed E-state index contributed by atoms with van der Waals surface area (Å²) in [6.07, 6.45) is 4.16. The fourth-order valence-electron chi connectivity index (χ4n) is 2.45. The molecule has 1 aliphatic rings. The molecule has 1 aromatic heterocycles. The second-order valence-electron chi connectivity index (χ2n) is 4.86. The van der Waals surface area contributed by atoms with Crippen LogP contribution in [0.1, 0.15) is 12.8 Å². The van der Waals surface area contributed by atoms with Crippen molar-refractivity contribution < 1.29 is 0 Å². The molecule has 2 aromatic rings. The number of hydrogen-bond donors (Lipinski definition) is 2. The zero-order chi connectivity index (χ0) is 12.9. The van der Waals surface area contributed by atoms with Gasteiger partial charge < -0.3 is 10.6 Å². The van der Waals surface area contributed by atoms with Crippen molar-refractivity contribution in [1.29, 1.82) is 0 Å². The number of piperidine rings is 1. The van der Waals surface area contributed by atoms with Crippen molar-refractivity contribution in [2.45, 2.75) is 12.8 Å². The van der Waals surface area contributed by atoms with Crippen molar-refractivity contribution >= 4 is 5.69 Å². The van der Waals surface area contributed by atoms with Crippen molar-refractivity contribution in [3.8, 4) is 5.69 Å². The van der Waals surface area contributed by atoms with E-state index < -0.39 is 0 Å². The largest absolute Gasteiger partial charge is 0.383 e. The maximum absolute atomic E-state index is 3.95. The fraction of sp³-hybridized carbons (Fsp3) is 0.462. The topological polar surface area (TPSA) is 67.7 Å². The van der Waals surface area contributed by atoms with Crippen LogP contribution in [0.3, 0.4) is 0 Å². The Morgan fingerprint density at radius 2 is 2.32 bits per heavy atom. The molecule has 0 radical (unpaired) electrons. The summed E-state index contributed by atoms with van der Waals surface area (Å²) in [4.78, 5) is 0. The predicted molar refractivity (Wildman–Crippen MR) is 73.2 cm³/mol. The summed E-state index contributed by atoms with van der Waals surface area (Å²) >= 11 is 0. The molecule has 0 aliphatic carbocycles. The number of anilines is 1. The first-order chi connectivity index (χ1) is 9.43. The highest BCUT2D eigenvalue weighted by molar-refractivity contribution is 5.60. The van der Waals surface area contributed by atoms with Crippen LogP contribution in [0.5, 0.6) is 0 Å². The van der Waals surface area contributed by atoms with Crippen molar-refractivity contribution in [3.63, 3.8) is 0 Å². The second kappa shape index (κ2) is 5.79. The molecule has 1 saturated heterocycles. The van der Waals surface area contributed by atoms with Gasteiger partial charge in [0.1, 0.15) is 6.33 Å². The number of rotatable bonds is 4. The first-order valence-electron chi connectivity index (χ1n) is 6.70.